The van der Waals surface area contributed by atoms with Crippen molar-refractivity contribution in [1.82, 2.24) is 0 Å². The van der Waals surface area contributed by atoms with Gasteiger partial charge in [-0.25, -0.2) is 0 Å². The zero-order valence-corrected chi connectivity index (χ0v) is 8.40. The van der Waals surface area contributed by atoms with E-state index in [-0.39, 0.29) is 0 Å². The molecule has 0 heterocycles. The van der Waals surface area contributed by atoms with Gasteiger partial charge in [-0.3, -0.25) is 4.79 Å². The van der Waals surface area contributed by atoms with Crippen LogP contribution in [0.5, 0.6) is 0 Å². The third-order valence-electron chi connectivity index (χ3n) is 2.20. The smallest absolute Gasteiger partial charge is 0.306 e. The monoisotopic (exact) mass is 204 g/mol. The predicted molar refractivity (Wildman–Crippen MR) is 56.1 cm³/mol. The molecule has 4 nitrogen and oxygen atoms in total. The molecule has 1 rings (SSSR count). The molecule has 0 aromatic heterocycles. The Hall–Kier alpha value is -2.02. The lowest BCUT2D eigenvalue weighted by Gasteiger charge is -2.07. The number of hydrogen-bond acceptors (Lipinski definition) is 3. The fraction of sp³-hybridized carbons (Fsp3) is 0.273. The quantitative estimate of drug-likeness (QED) is 0.728. The van der Waals surface area contributed by atoms with Gasteiger partial charge in [0.1, 0.15) is 6.07 Å². The largest absolute Gasteiger partial charge is 0.481 e. The molecule has 4 heteroatoms. The number of hydrogen-bond donors (Lipinski definition) is 2. The third kappa shape index (κ3) is 2.71. The summed E-state index contributed by atoms with van der Waals surface area (Å²) in [5.41, 5.74) is 7.26. The number of nitrogens with zero attached hydrogens (tertiary/aromatic N) is 1. The summed E-state index contributed by atoms with van der Waals surface area (Å²) in [6.07, 6.45) is 0.422. The number of carboxylic acid groups (broad SMARTS) is 1. The minimum atomic E-state index is -0.835. The summed E-state index contributed by atoms with van der Waals surface area (Å²) in [5, 5.41) is 17.4. The maximum atomic E-state index is 10.6. The van der Waals surface area contributed by atoms with E-state index in [0.717, 1.165) is 5.56 Å². The molecular formula is C11H12N2O2. The first-order chi connectivity index (χ1) is 7.04. The van der Waals surface area contributed by atoms with Gasteiger partial charge in [0, 0.05) is 5.69 Å². The molecule has 0 aliphatic rings. The number of nitrogen functional groups attached to an aromatic ring is 1. The predicted octanol–water partition coefficient (Wildman–Crippen LogP) is 1.40. The van der Waals surface area contributed by atoms with E-state index in [0.29, 0.717) is 17.7 Å². The fourth-order valence-corrected chi connectivity index (χ4v) is 1.28. The van der Waals surface area contributed by atoms with Crippen molar-refractivity contribution in [3.63, 3.8) is 0 Å². The topological polar surface area (TPSA) is 87.1 Å². The van der Waals surface area contributed by atoms with Crippen molar-refractivity contribution in [2.45, 2.75) is 13.3 Å². The second-order valence-electron chi connectivity index (χ2n) is 3.48. The lowest BCUT2D eigenvalue weighted by Crippen LogP contribution is -2.12. The minimum Gasteiger partial charge on any atom is -0.481 e. The molecule has 0 fully saturated rings. The summed E-state index contributed by atoms with van der Waals surface area (Å²) in [4.78, 5) is 10.6. The summed E-state index contributed by atoms with van der Waals surface area (Å²) in [6.45, 7) is 1.64. The zero-order chi connectivity index (χ0) is 11.4. The van der Waals surface area contributed by atoms with Gasteiger partial charge in [-0.05, 0) is 24.1 Å². The third-order valence-corrected chi connectivity index (χ3v) is 2.20. The number of benzene rings is 1. The lowest BCUT2D eigenvalue weighted by atomic mass is 9.99. The second-order valence-corrected chi connectivity index (χ2v) is 3.48. The highest BCUT2D eigenvalue weighted by molar-refractivity contribution is 5.70. The van der Waals surface area contributed by atoms with Crippen LogP contribution in [0, 0.1) is 17.2 Å². The van der Waals surface area contributed by atoms with E-state index in [4.69, 9.17) is 16.1 Å². The fourth-order valence-electron chi connectivity index (χ4n) is 1.28. The van der Waals surface area contributed by atoms with Crippen LogP contribution in [0.15, 0.2) is 18.2 Å². The Labute approximate surface area is 87.9 Å². The Morgan fingerprint density at radius 1 is 1.67 bits per heavy atom. The van der Waals surface area contributed by atoms with Gasteiger partial charge in [0.2, 0.25) is 0 Å². The van der Waals surface area contributed by atoms with Gasteiger partial charge >= 0.3 is 5.97 Å². The summed E-state index contributed by atoms with van der Waals surface area (Å²) in [7, 11) is 0. The van der Waals surface area contributed by atoms with Gasteiger partial charge in [-0.2, -0.15) is 5.26 Å². The molecule has 0 aliphatic heterocycles. The van der Waals surface area contributed by atoms with Crippen LogP contribution in [0.3, 0.4) is 0 Å². The van der Waals surface area contributed by atoms with Crippen molar-refractivity contribution >= 4 is 11.7 Å². The molecule has 0 bridgehead atoms. The van der Waals surface area contributed by atoms with Gasteiger partial charge in [-0.15, -0.1) is 0 Å². The first-order valence-corrected chi connectivity index (χ1v) is 4.56. The number of anilines is 1. The molecule has 0 saturated carbocycles. The van der Waals surface area contributed by atoms with Gasteiger partial charge in [0.15, 0.2) is 0 Å². The van der Waals surface area contributed by atoms with Crippen LogP contribution in [0.4, 0.5) is 5.69 Å². The summed E-state index contributed by atoms with van der Waals surface area (Å²) in [5.74, 6) is -1.28. The summed E-state index contributed by atoms with van der Waals surface area (Å²) < 4.78 is 0. The van der Waals surface area contributed by atoms with Gasteiger partial charge in [0.05, 0.1) is 11.5 Å². The van der Waals surface area contributed by atoms with E-state index in [1.54, 1.807) is 25.1 Å². The van der Waals surface area contributed by atoms with E-state index in [1.165, 1.54) is 0 Å². The van der Waals surface area contributed by atoms with E-state index in [2.05, 4.69) is 0 Å². The highest BCUT2D eigenvalue weighted by atomic mass is 16.4. The number of rotatable bonds is 3. The summed E-state index contributed by atoms with van der Waals surface area (Å²) >= 11 is 0. The molecule has 0 amide bonds. The van der Waals surface area contributed by atoms with Crippen LogP contribution in [0.25, 0.3) is 0 Å². The molecule has 0 radical (unpaired) electrons. The van der Waals surface area contributed by atoms with Crippen LogP contribution >= 0.6 is 0 Å². The van der Waals surface area contributed by atoms with Gasteiger partial charge < -0.3 is 10.8 Å². The standard InChI is InChI=1S/C11H12N2O2/c1-7(11(14)15)4-8-2-3-9(6-12)10(13)5-8/h2-3,5,7H,4,13H2,1H3,(H,14,15). The van der Waals surface area contributed by atoms with Crippen molar-refractivity contribution in [1.29, 1.82) is 5.26 Å². The van der Waals surface area contributed by atoms with E-state index in [9.17, 15) is 4.79 Å². The van der Waals surface area contributed by atoms with Gasteiger partial charge in [-0.1, -0.05) is 13.0 Å². The normalized spacial score (nSPS) is 11.7. The van der Waals surface area contributed by atoms with Crippen molar-refractivity contribution in [3.8, 4) is 6.07 Å². The maximum absolute atomic E-state index is 10.6. The Morgan fingerprint density at radius 3 is 2.80 bits per heavy atom. The Balaban J connectivity index is 2.85. The molecule has 1 unspecified atom stereocenters. The first-order valence-electron chi connectivity index (χ1n) is 4.56. The molecule has 15 heavy (non-hydrogen) atoms. The molecule has 0 spiro atoms. The minimum absolute atomic E-state index is 0.396. The van der Waals surface area contributed by atoms with Crippen LogP contribution in [-0.4, -0.2) is 11.1 Å². The number of nitrogens with two attached hydrogens (primary N) is 1. The zero-order valence-electron chi connectivity index (χ0n) is 8.40. The van der Waals surface area contributed by atoms with E-state index < -0.39 is 11.9 Å². The molecule has 3 N–H and O–H groups in total. The van der Waals surface area contributed by atoms with Crippen LogP contribution in [0.1, 0.15) is 18.1 Å². The molecule has 0 aliphatic carbocycles. The Kier molecular flexibility index (Phi) is 3.29. The Bertz CT molecular complexity index is 421. The van der Waals surface area contributed by atoms with Crippen LogP contribution < -0.4 is 5.73 Å². The highest BCUT2D eigenvalue weighted by Gasteiger charge is 2.12. The van der Waals surface area contributed by atoms with Crippen LogP contribution in [0.2, 0.25) is 0 Å². The van der Waals surface area contributed by atoms with E-state index >= 15 is 0 Å². The molecule has 1 aromatic rings. The van der Waals surface area contributed by atoms with Gasteiger partial charge in [0.25, 0.3) is 0 Å². The number of carboxylic acids is 1. The first kappa shape index (κ1) is 11.1. The number of aliphatic carboxylic acids is 1. The van der Waals surface area contributed by atoms with Crippen LogP contribution in [-0.2, 0) is 11.2 Å². The SMILES string of the molecule is CC(Cc1ccc(C#N)c(N)c1)C(=O)O. The van der Waals surface area contributed by atoms with Crippen molar-refractivity contribution in [2.24, 2.45) is 5.92 Å². The van der Waals surface area contributed by atoms with E-state index in [1.807, 2.05) is 6.07 Å². The molecular weight excluding hydrogens is 192 g/mol. The number of carbonyl (C=O) groups is 1. The van der Waals surface area contributed by atoms with Crippen molar-refractivity contribution < 1.29 is 9.90 Å². The highest BCUT2D eigenvalue weighted by Crippen LogP contribution is 2.16. The second kappa shape index (κ2) is 4.47. The maximum Gasteiger partial charge on any atom is 0.306 e. The Morgan fingerprint density at radius 2 is 2.33 bits per heavy atom. The molecule has 0 saturated heterocycles. The van der Waals surface area contributed by atoms with Crippen molar-refractivity contribution in [3.05, 3.63) is 29.3 Å². The average molecular weight is 204 g/mol. The average Bonchev–Trinajstić information content (AvgIpc) is 2.18. The molecule has 78 valence electrons. The van der Waals surface area contributed by atoms with Crippen molar-refractivity contribution in [2.75, 3.05) is 5.73 Å². The summed E-state index contributed by atoms with van der Waals surface area (Å²) in [6, 6.07) is 6.95. The number of nitriles is 1. The molecule has 1 atom stereocenters. The lowest BCUT2D eigenvalue weighted by molar-refractivity contribution is -0.141. The molecule has 1 aromatic carbocycles.